The maximum absolute atomic E-state index is 2.49. The molecule has 0 atom stereocenters. The van der Waals surface area contributed by atoms with Crippen molar-refractivity contribution in [2.75, 3.05) is 0 Å². The van der Waals surface area contributed by atoms with Crippen molar-refractivity contribution >= 4 is 70.2 Å². The van der Waals surface area contributed by atoms with E-state index in [0.717, 1.165) is 25.7 Å². The molecule has 0 radical (unpaired) electrons. The first-order valence-electron chi connectivity index (χ1n) is 42.1. The minimum Gasteiger partial charge on any atom is -0.0842 e. The topological polar surface area (TPSA) is 0 Å². The van der Waals surface area contributed by atoms with Gasteiger partial charge in [0, 0.05) is 0 Å². The third kappa shape index (κ3) is 13.5. The molecule has 20 aromatic rings. The summed E-state index contributed by atoms with van der Waals surface area (Å²) in [5.41, 5.74) is 35.0. The molecule has 2 aliphatic rings. The van der Waals surface area contributed by atoms with E-state index >= 15 is 0 Å². The van der Waals surface area contributed by atoms with Crippen LogP contribution in [-0.4, -0.2) is 0 Å². The van der Waals surface area contributed by atoms with Gasteiger partial charge in [-0.2, -0.15) is 0 Å². The molecule has 20 aromatic carbocycles. The van der Waals surface area contributed by atoms with Gasteiger partial charge in [0.1, 0.15) is 0 Å². The van der Waals surface area contributed by atoms with Crippen LogP contribution in [0.2, 0.25) is 0 Å². The molecule has 0 amide bonds. The molecule has 0 N–H and O–H groups in total. The van der Waals surface area contributed by atoms with Gasteiger partial charge in [0.15, 0.2) is 0 Å². The van der Waals surface area contributed by atoms with Gasteiger partial charge in [0.2, 0.25) is 0 Å². The zero-order valence-corrected chi connectivity index (χ0v) is 66.7. The third-order valence-corrected chi connectivity index (χ3v) is 24.8. The van der Waals surface area contributed by atoms with Gasteiger partial charge in [0.25, 0.3) is 0 Å². The van der Waals surface area contributed by atoms with E-state index in [2.05, 4.69) is 461 Å². The van der Waals surface area contributed by atoms with Gasteiger partial charge in [-0.3, -0.25) is 0 Å². The highest BCUT2D eigenvalue weighted by atomic mass is 14.3. The Morgan fingerprint density at radius 1 is 0.142 bits per heavy atom. The molecule has 120 heavy (non-hydrogen) atoms. The van der Waals surface area contributed by atoms with Crippen LogP contribution in [0, 0.1) is 0 Å². The van der Waals surface area contributed by atoms with Gasteiger partial charge in [-0.15, -0.1) is 0 Å². The highest BCUT2D eigenvalue weighted by Gasteiger charge is 2.31. The lowest BCUT2D eigenvalue weighted by Gasteiger charge is -2.27. The standard InChI is InChI=1S/C66H44.C54H40/c1-7-21-45(22-8-1)47-35-39-53(40-36-47)61-55-33-19-20-34-56(55)62(54-41-37-48(38-42-54)46-23-9-2-10-24-46)66-64(52-31-17-6-18-32-52)60-44-58(50-27-13-4-14-28-50)57(49-25-11-3-12-26-49)43-59(60)63(65(61)66)51-29-15-5-16-30-51;1-5-17-37(18-6-1)39-29-33-43(34-30-39)51-47-27-15-16-28-48(47)52(44-35-31-40(32-36-44)38-19-7-2-8-20-38)54-50(42-23-11-4-12-24-42)46-26-14-13-25-45(46)49(53(51)54)41-21-9-3-10-22-41/h1-44H;1-7,9-19,21-31,33-35H,8,20,32,36H2. The Kier molecular flexibility index (Phi) is 19.5. The Morgan fingerprint density at radius 3 is 0.608 bits per heavy atom. The van der Waals surface area contributed by atoms with E-state index in [4.69, 9.17) is 0 Å². The number of benzene rings is 20. The predicted molar refractivity (Wildman–Crippen MR) is 515 cm³/mol. The van der Waals surface area contributed by atoms with Crippen molar-refractivity contribution in [3.63, 3.8) is 0 Å². The van der Waals surface area contributed by atoms with Crippen molar-refractivity contribution < 1.29 is 0 Å². The Bertz CT molecular complexity index is 7110. The average Bonchev–Trinajstić information content (AvgIpc) is 0.691. The molecule has 0 fully saturated rings. The summed E-state index contributed by atoms with van der Waals surface area (Å²) in [6.45, 7) is 0. The number of hydrogen-bond acceptors (Lipinski definition) is 0. The van der Waals surface area contributed by atoms with E-state index in [1.807, 2.05) is 0 Å². The minimum absolute atomic E-state index is 0.999. The molecule has 0 saturated heterocycles. The number of allylic oxidation sites excluding steroid dienone is 8. The first-order chi connectivity index (χ1) is 59.6. The van der Waals surface area contributed by atoms with Crippen LogP contribution < -0.4 is 0 Å². The molecule has 0 spiro atoms. The fraction of sp³-hybridized carbons (Fsp3) is 0.0333. The monoisotopic (exact) mass is 1520 g/mol. The lowest BCUT2D eigenvalue weighted by atomic mass is 9.76. The van der Waals surface area contributed by atoms with Gasteiger partial charge in [-0.25, -0.2) is 0 Å². The molecule has 0 heteroatoms. The summed E-state index contributed by atoms with van der Waals surface area (Å²) in [5, 5.41) is 15.2. The summed E-state index contributed by atoms with van der Waals surface area (Å²) in [6.07, 6.45) is 16.0. The number of hydrogen-bond donors (Lipinski definition) is 0. The quantitative estimate of drug-likeness (QED) is 0.0952. The molecule has 22 rings (SSSR count). The van der Waals surface area contributed by atoms with Crippen molar-refractivity contribution in [3.05, 3.63) is 478 Å². The van der Waals surface area contributed by atoms with E-state index < -0.39 is 0 Å². The second-order valence-corrected chi connectivity index (χ2v) is 31.6. The molecule has 0 aliphatic heterocycles. The van der Waals surface area contributed by atoms with Gasteiger partial charge in [-0.1, -0.05) is 449 Å². The van der Waals surface area contributed by atoms with Crippen molar-refractivity contribution in [3.8, 4) is 134 Å². The molecule has 0 unspecified atom stereocenters. The van der Waals surface area contributed by atoms with Crippen LogP contribution >= 0.6 is 0 Å². The van der Waals surface area contributed by atoms with Crippen LogP contribution in [0.15, 0.2) is 472 Å². The Hall–Kier alpha value is -15.1. The van der Waals surface area contributed by atoms with Gasteiger partial charge >= 0.3 is 0 Å². The van der Waals surface area contributed by atoms with Gasteiger partial charge < -0.3 is 0 Å². The van der Waals surface area contributed by atoms with Crippen molar-refractivity contribution in [2.45, 2.75) is 25.7 Å². The maximum atomic E-state index is 2.49. The summed E-state index contributed by atoms with van der Waals surface area (Å²) >= 11 is 0. The average molecular weight is 1530 g/mol. The predicted octanol–water partition coefficient (Wildman–Crippen LogP) is 33.7. The zero-order valence-electron chi connectivity index (χ0n) is 66.7. The second-order valence-electron chi connectivity index (χ2n) is 31.6. The Labute approximate surface area is 702 Å². The fourth-order valence-corrected chi connectivity index (χ4v) is 19.3. The molecule has 0 saturated carbocycles. The highest BCUT2D eigenvalue weighted by molar-refractivity contribution is 6.36. The molecule has 2 aliphatic carbocycles. The summed E-state index contributed by atoms with van der Waals surface area (Å²) in [4.78, 5) is 0. The van der Waals surface area contributed by atoms with Crippen LogP contribution in [0.25, 0.3) is 204 Å². The van der Waals surface area contributed by atoms with E-state index in [1.54, 1.807) is 0 Å². The first-order valence-corrected chi connectivity index (χ1v) is 42.1. The van der Waals surface area contributed by atoms with Crippen molar-refractivity contribution in [2.24, 2.45) is 0 Å². The minimum atomic E-state index is 0.999. The molecule has 0 bridgehead atoms. The lowest BCUT2D eigenvalue weighted by molar-refractivity contribution is 0.906. The molecular formula is C120H84. The Morgan fingerprint density at radius 2 is 0.342 bits per heavy atom. The summed E-state index contributed by atoms with van der Waals surface area (Å²) < 4.78 is 0. The first kappa shape index (κ1) is 72.6. The summed E-state index contributed by atoms with van der Waals surface area (Å²) in [7, 11) is 0. The van der Waals surface area contributed by atoms with Crippen LogP contribution in [0.1, 0.15) is 31.2 Å². The van der Waals surface area contributed by atoms with Crippen LogP contribution in [-0.2, 0) is 0 Å². The normalized spacial score (nSPS) is 12.7. The van der Waals surface area contributed by atoms with E-state index in [-0.39, 0.29) is 0 Å². The molecular weight excluding hydrogens is 1440 g/mol. The molecule has 564 valence electrons. The third-order valence-electron chi connectivity index (χ3n) is 24.8. The summed E-state index contributed by atoms with van der Waals surface area (Å²) in [5.74, 6) is 0. The van der Waals surface area contributed by atoms with E-state index in [1.165, 1.54) is 220 Å². The van der Waals surface area contributed by atoms with Gasteiger partial charge in [-0.05, 0) is 258 Å². The van der Waals surface area contributed by atoms with Crippen molar-refractivity contribution in [1.82, 2.24) is 0 Å². The maximum Gasteiger partial charge on any atom is -0.000139 e. The second kappa shape index (κ2) is 32.2. The SMILES string of the molecule is C1=CCCC(C2=CC=C(c3c4ccccc4c(-c4ccc(-c5ccccc5)cc4)c4c(-c5ccccc5)c5ccccc5c(-c5ccccc5)c34)CC2)=C1.c1ccc(-c2ccc(-c3c4ccccc4c(-c4ccc(-c5ccccc5)cc4)c4c(-c5ccccc5)c5cc(-c6ccccc6)c(-c6ccccc6)cc5c(-c5ccccc5)c34)cc2)cc1. The van der Waals surface area contributed by atoms with Crippen LogP contribution in [0.3, 0.4) is 0 Å². The lowest BCUT2D eigenvalue weighted by Crippen LogP contribution is -2.02. The Balaban J connectivity index is 0.000000151. The molecule has 0 nitrogen and oxygen atoms in total. The fourth-order valence-electron chi connectivity index (χ4n) is 19.3. The zero-order chi connectivity index (χ0) is 79.7. The number of rotatable bonds is 14. The molecule has 0 aromatic heterocycles. The van der Waals surface area contributed by atoms with Crippen LogP contribution in [0.5, 0.6) is 0 Å². The number of fused-ring (bicyclic) bond motifs is 6. The largest absolute Gasteiger partial charge is 0.0842 e. The van der Waals surface area contributed by atoms with Crippen molar-refractivity contribution in [1.29, 1.82) is 0 Å². The van der Waals surface area contributed by atoms with E-state index in [0.29, 0.717) is 0 Å². The highest BCUT2D eigenvalue weighted by Crippen LogP contribution is 2.58. The van der Waals surface area contributed by atoms with E-state index in [9.17, 15) is 0 Å². The van der Waals surface area contributed by atoms with Gasteiger partial charge in [0.05, 0.1) is 0 Å². The van der Waals surface area contributed by atoms with Crippen LogP contribution in [0.4, 0.5) is 0 Å². The smallest absolute Gasteiger partial charge is 0.000139 e. The summed E-state index contributed by atoms with van der Waals surface area (Å²) in [6, 6.07) is 158. The molecule has 0 heterocycles.